The Balaban J connectivity index is 0.000000360. The SMILES string of the molecule is O=[Se]1C=CC=C1.[LiH]. The summed E-state index contributed by atoms with van der Waals surface area (Å²) in [6.07, 6.45) is 3.63. The number of rotatable bonds is 0. The van der Waals surface area contributed by atoms with Crippen molar-refractivity contribution in [2.24, 2.45) is 0 Å². The third kappa shape index (κ3) is 2.26. The van der Waals surface area contributed by atoms with Crippen molar-refractivity contribution >= 4 is 32.7 Å². The molecule has 0 N–H and O–H groups in total. The van der Waals surface area contributed by atoms with E-state index in [1.807, 2.05) is 12.2 Å². The van der Waals surface area contributed by atoms with Crippen LogP contribution in [0.1, 0.15) is 0 Å². The number of hydrogen-bond acceptors (Lipinski definition) is 1. The van der Waals surface area contributed by atoms with Gasteiger partial charge in [-0.1, -0.05) is 0 Å². The van der Waals surface area contributed by atoms with Gasteiger partial charge < -0.3 is 0 Å². The maximum absolute atomic E-state index is 10.3. The molecular formula is C4H5LiOSe. The minimum absolute atomic E-state index is 0. The number of hydrogen-bond donors (Lipinski definition) is 0. The Morgan fingerprint density at radius 1 is 1.14 bits per heavy atom. The molecule has 1 rings (SSSR count). The van der Waals surface area contributed by atoms with Crippen molar-refractivity contribution in [1.82, 2.24) is 0 Å². The summed E-state index contributed by atoms with van der Waals surface area (Å²) < 4.78 is 10.3. The van der Waals surface area contributed by atoms with Crippen LogP contribution in [0.2, 0.25) is 0 Å². The molecule has 0 amide bonds. The Kier molecular flexibility index (Phi) is 3.60. The summed E-state index contributed by atoms with van der Waals surface area (Å²) in [6.45, 7) is 0. The van der Waals surface area contributed by atoms with Crippen molar-refractivity contribution in [3.05, 3.63) is 22.1 Å². The average Bonchev–Trinajstić information content (AvgIpc) is 1.86. The van der Waals surface area contributed by atoms with Crippen molar-refractivity contribution in [2.75, 3.05) is 0 Å². The Morgan fingerprint density at radius 2 is 1.57 bits per heavy atom. The first-order valence-corrected chi connectivity index (χ1v) is 4.32. The zero-order valence-corrected chi connectivity index (χ0v) is 4.84. The van der Waals surface area contributed by atoms with Gasteiger partial charge in [-0.2, -0.15) is 0 Å². The molecule has 1 nitrogen and oxygen atoms in total. The second-order valence-corrected chi connectivity index (χ2v) is 3.51. The fourth-order valence-electron chi connectivity index (χ4n) is 0.291. The summed E-state index contributed by atoms with van der Waals surface area (Å²) in [5, 5.41) is 0. The van der Waals surface area contributed by atoms with Crippen molar-refractivity contribution in [1.29, 1.82) is 0 Å². The monoisotopic (exact) mass is 156 g/mol. The van der Waals surface area contributed by atoms with E-state index in [0.717, 1.165) is 0 Å². The first-order valence-electron chi connectivity index (χ1n) is 1.64. The van der Waals surface area contributed by atoms with Gasteiger partial charge in [0, 0.05) is 0 Å². The molecule has 0 aliphatic carbocycles. The van der Waals surface area contributed by atoms with Gasteiger partial charge >= 0.3 is 58.6 Å². The van der Waals surface area contributed by atoms with Crippen LogP contribution in [-0.4, -0.2) is 32.7 Å². The average molecular weight is 155 g/mol. The van der Waals surface area contributed by atoms with E-state index in [9.17, 15) is 3.83 Å². The Bertz CT molecular complexity index is 114. The molecule has 0 bridgehead atoms. The molecule has 1 aliphatic rings. The molecule has 0 aromatic carbocycles. The van der Waals surface area contributed by atoms with Gasteiger partial charge in [-0.15, -0.1) is 0 Å². The van der Waals surface area contributed by atoms with Gasteiger partial charge in [-0.05, 0) is 0 Å². The van der Waals surface area contributed by atoms with E-state index in [-0.39, 0.29) is 18.9 Å². The molecule has 0 aromatic rings. The first kappa shape index (κ1) is 7.40. The van der Waals surface area contributed by atoms with Crippen LogP contribution < -0.4 is 0 Å². The van der Waals surface area contributed by atoms with Crippen molar-refractivity contribution in [2.45, 2.75) is 0 Å². The van der Waals surface area contributed by atoms with Crippen molar-refractivity contribution < 1.29 is 3.83 Å². The molecular weight excluding hydrogens is 150 g/mol. The van der Waals surface area contributed by atoms with Gasteiger partial charge in [-0.25, -0.2) is 0 Å². The van der Waals surface area contributed by atoms with Crippen molar-refractivity contribution in [3.63, 3.8) is 0 Å². The van der Waals surface area contributed by atoms with E-state index in [1.165, 1.54) is 0 Å². The molecule has 34 valence electrons. The second kappa shape index (κ2) is 3.41. The van der Waals surface area contributed by atoms with Crippen LogP contribution in [0.3, 0.4) is 0 Å². The van der Waals surface area contributed by atoms with Crippen LogP contribution in [0.15, 0.2) is 22.1 Å². The van der Waals surface area contributed by atoms with Gasteiger partial charge in [0.2, 0.25) is 0 Å². The third-order valence-electron chi connectivity index (χ3n) is 0.536. The fourth-order valence-corrected chi connectivity index (χ4v) is 1.51. The molecule has 0 radical (unpaired) electrons. The summed E-state index contributed by atoms with van der Waals surface area (Å²) in [7, 11) is 0. The summed E-state index contributed by atoms with van der Waals surface area (Å²) in [5.74, 6) is 0. The molecule has 0 atom stereocenters. The number of allylic oxidation sites excluding steroid dienone is 2. The molecule has 7 heavy (non-hydrogen) atoms. The normalized spacial score (nSPS) is 17.1. The van der Waals surface area contributed by atoms with Gasteiger partial charge in [0.05, 0.1) is 0 Å². The zero-order valence-electron chi connectivity index (χ0n) is 3.13. The second-order valence-electron chi connectivity index (χ2n) is 0.986. The van der Waals surface area contributed by atoms with Gasteiger partial charge in [0.15, 0.2) is 0 Å². The molecule has 0 fully saturated rings. The molecule has 0 saturated carbocycles. The zero-order chi connectivity index (χ0) is 4.41. The molecule has 0 unspecified atom stereocenters. The Hall–Kier alpha value is 0.397. The van der Waals surface area contributed by atoms with Crippen LogP contribution >= 0.6 is 0 Å². The van der Waals surface area contributed by atoms with E-state index in [4.69, 9.17) is 0 Å². The molecule has 1 aliphatic heterocycles. The van der Waals surface area contributed by atoms with Gasteiger partial charge in [0.1, 0.15) is 0 Å². The molecule has 0 saturated heterocycles. The van der Waals surface area contributed by atoms with Crippen LogP contribution in [0, 0.1) is 0 Å². The van der Waals surface area contributed by atoms with Crippen LogP contribution in [0.25, 0.3) is 0 Å². The van der Waals surface area contributed by atoms with E-state index in [0.29, 0.717) is 0 Å². The maximum atomic E-state index is 10.3. The Labute approximate surface area is 58.7 Å². The summed E-state index contributed by atoms with van der Waals surface area (Å²) in [4.78, 5) is 3.47. The molecule has 3 heteroatoms. The Morgan fingerprint density at radius 3 is 1.71 bits per heavy atom. The summed E-state index contributed by atoms with van der Waals surface area (Å²) in [6, 6.07) is 0. The fraction of sp³-hybridized carbons (Fsp3) is 0. The standard InChI is InChI=1S/C4H4OSe.Li.H/c5-6-3-1-2-4-6;;/h1-4H;;. The van der Waals surface area contributed by atoms with Gasteiger partial charge in [0.25, 0.3) is 0 Å². The van der Waals surface area contributed by atoms with Crippen molar-refractivity contribution in [3.8, 4) is 0 Å². The predicted octanol–water partition coefficient (Wildman–Crippen LogP) is -0.0357. The van der Waals surface area contributed by atoms with Gasteiger partial charge in [-0.3, -0.25) is 0 Å². The molecule has 0 aromatic heterocycles. The third-order valence-corrected chi connectivity index (χ3v) is 2.32. The summed E-state index contributed by atoms with van der Waals surface area (Å²) >= 11 is -1.55. The minimum atomic E-state index is -1.55. The topological polar surface area (TPSA) is 17.1 Å². The van der Waals surface area contributed by atoms with E-state index in [1.54, 1.807) is 9.95 Å². The molecule has 0 spiro atoms. The van der Waals surface area contributed by atoms with Crippen LogP contribution in [0.4, 0.5) is 0 Å². The quantitative estimate of drug-likeness (QED) is 0.448. The van der Waals surface area contributed by atoms with Crippen LogP contribution in [-0.2, 0) is 3.83 Å². The predicted molar refractivity (Wildman–Crippen MR) is 31.9 cm³/mol. The van der Waals surface area contributed by atoms with E-state index < -0.39 is 13.8 Å². The molecule has 1 heterocycles. The van der Waals surface area contributed by atoms with E-state index >= 15 is 0 Å². The van der Waals surface area contributed by atoms with E-state index in [2.05, 4.69) is 0 Å². The first-order chi connectivity index (χ1) is 2.89. The van der Waals surface area contributed by atoms with Crippen LogP contribution in [0.5, 0.6) is 0 Å². The summed E-state index contributed by atoms with van der Waals surface area (Å²) in [5.41, 5.74) is 0.